The molecule has 2 fully saturated rings. The van der Waals surface area contributed by atoms with Crippen molar-refractivity contribution in [2.45, 2.75) is 35.9 Å². The van der Waals surface area contributed by atoms with E-state index in [1.54, 1.807) is 0 Å². The molecule has 0 aliphatic carbocycles. The van der Waals surface area contributed by atoms with E-state index in [0.717, 1.165) is 12.5 Å². The van der Waals surface area contributed by atoms with Crippen LogP contribution in [0.3, 0.4) is 0 Å². The molecule has 4 atom stereocenters. The van der Waals surface area contributed by atoms with Crippen LogP contribution in [0.2, 0.25) is 0 Å². The highest BCUT2D eigenvalue weighted by Gasteiger charge is 2.49. The number of benzene rings is 3. The zero-order valence-corrected chi connectivity index (χ0v) is 18.4. The molecule has 2 nitrogen and oxygen atoms in total. The van der Waals surface area contributed by atoms with Crippen LogP contribution in [-0.4, -0.2) is 36.3 Å². The Balaban J connectivity index is 1.47. The first-order valence-corrected chi connectivity index (χ1v) is 12.3. The van der Waals surface area contributed by atoms with Crippen LogP contribution >= 0.6 is 11.8 Å². The van der Waals surface area contributed by atoms with Gasteiger partial charge < -0.3 is 5.32 Å². The van der Waals surface area contributed by atoms with Gasteiger partial charge in [0.15, 0.2) is 0 Å². The Hall–Kier alpha value is -2.07. The van der Waals surface area contributed by atoms with Gasteiger partial charge in [-0.25, -0.2) is 0 Å². The van der Waals surface area contributed by atoms with E-state index in [4.69, 9.17) is 0 Å². The Morgan fingerprint density at radius 3 is 2.20 bits per heavy atom. The third-order valence-electron chi connectivity index (χ3n) is 6.93. The summed E-state index contributed by atoms with van der Waals surface area (Å²) in [5, 5.41) is 4.02. The second-order valence-corrected chi connectivity index (χ2v) is 9.40. The predicted molar refractivity (Wildman–Crippen MR) is 127 cm³/mol. The van der Waals surface area contributed by atoms with Gasteiger partial charge >= 0.3 is 0 Å². The molecule has 0 saturated carbocycles. The third-order valence-corrected chi connectivity index (χ3v) is 7.77. The molecule has 3 heteroatoms. The van der Waals surface area contributed by atoms with Crippen LogP contribution in [0.4, 0.5) is 0 Å². The number of thioether (sulfide) groups is 1. The van der Waals surface area contributed by atoms with Gasteiger partial charge in [0, 0.05) is 36.0 Å². The van der Waals surface area contributed by atoms with E-state index in [-0.39, 0.29) is 0 Å². The Bertz CT molecular complexity index is 919. The first-order chi connectivity index (χ1) is 14.8. The van der Waals surface area contributed by atoms with Crippen molar-refractivity contribution >= 4 is 11.8 Å². The molecule has 30 heavy (non-hydrogen) atoms. The van der Waals surface area contributed by atoms with Crippen LogP contribution in [0, 0.1) is 5.92 Å². The number of nitrogens with one attached hydrogen (secondary N) is 1. The SMILES string of the molecule is CSc1ccccc1CN[C@H]1[C@@H]2CCN(C2)[C@H]1C(c1ccccc1)c1ccccc1. The molecule has 2 aliphatic rings. The lowest BCUT2D eigenvalue weighted by Crippen LogP contribution is -2.51. The molecule has 2 heterocycles. The molecule has 154 valence electrons. The lowest BCUT2D eigenvalue weighted by molar-refractivity contribution is 0.197. The molecule has 2 aliphatic heterocycles. The van der Waals surface area contributed by atoms with Gasteiger partial charge in [-0.05, 0) is 47.9 Å². The normalized spacial score (nSPS) is 25.1. The molecular formula is C27H30N2S. The number of rotatable bonds is 7. The van der Waals surface area contributed by atoms with E-state index in [9.17, 15) is 0 Å². The molecule has 1 N–H and O–H groups in total. The maximum absolute atomic E-state index is 4.02. The van der Waals surface area contributed by atoms with Crippen LogP contribution < -0.4 is 5.32 Å². The average molecular weight is 415 g/mol. The maximum atomic E-state index is 4.02. The standard InChI is InChI=1S/C27H30N2S/c1-30-24-15-9-8-14-22(24)18-28-26-23-16-17-29(19-23)27(26)25(20-10-4-2-5-11-20)21-12-6-3-7-13-21/h2-15,23,25-28H,16-19H2,1H3/t23-,26+,27+/m1/s1. The smallest absolute Gasteiger partial charge is 0.0362 e. The van der Waals surface area contributed by atoms with E-state index in [1.807, 2.05) is 11.8 Å². The van der Waals surface area contributed by atoms with E-state index < -0.39 is 0 Å². The van der Waals surface area contributed by atoms with Crippen molar-refractivity contribution in [3.63, 3.8) is 0 Å². The summed E-state index contributed by atoms with van der Waals surface area (Å²) < 4.78 is 0. The summed E-state index contributed by atoms with van der Waals surface area (Å²) in [5.74, 6) is 1.14. The van der Waals surface area contributed by atoms with Crippen LogP contribution in [0.15, 0.2) is 89.8 Å². The number of hydrogen-bond donors (Lipinski definition) is 1. The summed E-state index contributed by atoms with van der Waals surface area (Å²) in [4.78, 5) is 4.13. The highest BCUT2D eigenvalue weighted by Crippen LogP contribution is 2.43. The van der Waals surface area contributed by atoms with Crippen molar-refractivity contribution in [3.8, 4) is 0 Å². The molecule has 2 saturated heterocycles. The van der Waals surface area contributed by atoms with Crippen LogP contribution in [0.5, 0.6) is 0 Å². The van der Waals surface area contributed by atoms with E-state index in [0.29, 0.717) is 18.0 Å². The number of hydrogen-bond acceptors (Lipinski definition) is 3. The van der Waals surface area contributed by atoms with Gasteiger partial charge in [-0.2, -0.15) is 0 Å². The Kier molecular flexibility index (Phi) is 5.94. The molecule has 3 aromatic carbocycles. The largest absolute Gasteiger partial charge is 0.308 e. The minimum absolute atomic E-state index is 0.394. The third kappa shape index (κ3) is 3.82. The monoisotopic (exact) mass is 414 g/mol. The summed E-state index contributed by atoms with van der Waals surface area (Å²) >= 11 is 1.84. The highest BCUT2D eigenvalue weighted by atomic mass is 32.2. The minimum Gasteiger partial charge on any atom is -0.308 e. The lowest BCUT2D eigenvalue weighted by Gasteiger charge is -2.39. The van der Waals surface area contributed by atoms with Crippen LogP contribution in [0.1, 0.15) is 29.0 Å². The van der Waals surface area contributed by atoms with Crippen molar-refractivity contribution in [3.05, 3.63) is 102 Å². The molecule has 0 radical (unpaired) electrons. The highest BCUT2D eigenvalue weighted by molar-refractivity contribution is 7.98. The molecule has 1 unspecified atom stereocenters. The van der Waals surface area contributed by atoms with Gasteiger partial charge in [-0.15, -0.1) is 11.8 Å². The van der Waals surface area contributed by atoms with Crippen molar-refractivity contribution in [1.82, 2.24) is 10.2 Å². The zero-order chi connectivity index (χ0) is 20.3. The number of fused-ring (bicyclic) bond motifs is 2. The minimum atomic E-state index is 0.394. The molecule has 5 rings (SSSR count). The fourth-order valence-electron chi connectivity index (χ4n) is 5.58. The van der Waals surface area contributed by atoms with E-state index in [1.165, 1.54) is 41.1 Å². The predicted octanol–water partition coefficient (Wildman–Crippen LogP) is 5.40. The molecular weight excluding hydrogens is 384 g/mol. The summed E-state index contributed by atoms with van der Waals surface area (Å²) in [7, 11) is 0. The van der Waals surface area contributed by atoms with E-state index in [2.05, 4.69) is 101 Å². The van der Waals surface area contributed by atoms with Crippen molar-refractivity contribution in [2.24, 2.45) is 5.92 Å². The van der Waals surface area contributed by atoms with Gasteiger partial charge in [0.05, 0.1) is 0 Å². The van der Waals surface area contributed by atoms with Gasteiger partial charge in [-0.1, -0.05) is 78.9 Å². The summed E-state index contributed by atoms with van der Waals surface area (Å²) in [6.07, 6.45) is 3.49. The Morgan fingerprint density at radius 1 is 0.900 bits per heavy atom. The lowest BCUT2D eigenvalue weighted by atomic mass is 9.78. The summed E-state index contributed by atoms with van der Waals surface area (Å²) in [5.41, 5.74) is 4.27. The Morgan fingerprint density at radius 2 is 1.53 bits per heavy atom. The van der Waals surface area contributed by atoms with Crippen molar-refractivity contribution in [2.75, 3.05) is 19.3 Å². The van der Waals surface area contributed by atoms with Gasteiger partial charge in [-0.3, -0.25) is 4.90 Å². The summed E-state index contributed by atoms with van der Waals surface area (Å²) in [6, 6.07) is 32.1. The molecule has 0 aromatic heterocycles. The number of piperidine rings is 1. The molecule has 3 aromatic rings. The second kappa shape index (κ2) is 8.97. The van der Waals surface area contributed by atoms with Gasteiger partial charge in [0.2, 0.25) is 0 Å². The van der Waals surface area contributed by atoms with Crippen molar-refractivity contribution in [1.29, 1.82) is 0 Å². The fraction of sp³-hybridized carbons (Fsp3) is 0.333. The van der Waals surface area contributed by atoms with Crippen LogP contribution in [-0.2, 0) is 6.54 Å². The topological polar surface area (TPSA) is 15.3 Å². The first kappa shape index (κ1) is 19.9. The molecule has 2 bridgehead atoms. The summed E-state index contributed by atoms with van der Waals surface area (Å²) in [6.45, 7) is 3.40. The quantitative estimate of drug-likeness (QED) is 0.521. The van der Waals surface area contributed by atoms with E-state index >= 15 is 0 Å². The molecule has 0 spiro atoms. The Labute approximate surface area is 184 Å². The van der Waals surface area contributed by atoms with Crippen molar-refractivity contribution < 1.29 is 0 Å². The average Bonchev–Trinajstić information content (AvgIpc) is 3.42. The van der Waals surface area contributed by atoms with Gasteiger partial charge in [0.1, 0.15) is 0 Å². The van der Waals surface area contributed by atoms with Crippen LogP contribution in [0.25, 0.3) is 0 Å². The fourth-order valence-corrected chi connectivity index (χ4v) is 6.19. The number of nitrogens with zero attached hydrogens (tertiary/aromatic N) is 1. The van der Waals surface area contributed by atoms with Gasteiger partial charge in [0.25, 0.3) is 0 Å². The zero-order valence-electron chi connectivity index (χ0n) is 17.6. The molecule has 0 amide bonds. The first-order valence-electron chi connectivity index (χ1n) is 11.0. The maximum Gasteiger partial charge on any atom is 0.0362 e. The second-order valence-electron chi connectivity index (χ2n) is 8.55.